The van der Waals surface area contributed by atoms with Crippen molar-refractivity contribution in [2.75, 3.05) is 7.05 Å². The van der Waals surface area contributed by atoms with Gasteiger partial charge in [-0.1, -0.05) is 12.1 Å². The zero-order valence-electron chi connectivity index (χ0n) is 13.0. The zero-order chi connectivity index (χ0) is 15.3. The van der Waals surface area contributed by atoms with Crippen molar-refractivity contribution in [2.24, 2.45) is 5.41 Å². The second-order valence-corrected chi connectivity index (χ2v) is 7.15. The number of hydrogen-bond donors (Lipinski definition) is 1. The van der Waals surface area contributed by atoms with Gasteiger partial charge in [-0.05, 0) is 63.1 Å². The van der Waals surface area contributed by atoms with Gasteiger partial charge in [0.05, 0.1) is 11.1 Å². The molecule has 0 aromatic heterocycles. The first-order chi connectivity index (χ1) is 10.6. The molecule has 22 heavy (non-hydrogen) atoms. The Bertz CT molecular complexity index is 589. The lowest BCUT2D eigenvalue weighted by Gasteiger charge is -2.53. The fraction of sp³-hybridized carbons (Fsp3) is 0.556. The third-order valence-electron chi connectivity index (χ3n) is 5.98. The third kappa shape index (κ3) is 1.93. The van der Waals surface area contributed by atoms with Crippen LogP contribution in [0.1, 0.15) is 59.2 Å². The van der Waals surface area contributed by atoms with Crippen LogP contribution >= 0.6 is 0 Å². The summed E-state index contributed by atoms with van der Waals surface area (Å²) in [6, 6.07) is 7.94. The normalized spacial score (nSPS) is 34.0. The minimum Gasteiger partial charge on any atom is -0.317 e. The van der Waals surface area contributed by atoms with Crippen molar-refractivity contribution >= 4 is 11.8 Å². The smallest absolute Gasteiger partial charge is 0.261 e. The van der Waals surface area contributed by atoms with Gasteiger partial charge in [-0.2, -0.15) is 0 Å². The molecule has 3 aliphatic rings. The molecule has 116 valence electrons. The summed E-state index contributed by atoms with van der Waals surface area (Å²) in [6.45, 7) is 0. The Kier molecular flexibility index (Phi) is 3.12. The van der Waals surface area contributed by atoms with E-state index in [1.807, 2.05) is 19.2 Å². The highest BCUT2D eigenvalue weighted by Crippen LogP contribution is 2.54. The maximum atomic E-state index is 12.5. The fourth-order valence-electron chi connectivity index (χ4n) is 4.59. The number of carbonyl (C=O) groups is 2. The van der Waals surface area contributed by atoms with Gasteiger partial charge in [0.25, 0.3) is 11.8 Å². The average Bonchev–Trinajstić information content (AvgIpc) is 2.77. The molecular formula is C18H22N2O2. The van der Waals surface area contributed by atoms with Crippen molar-refractivity contribution < 1.29 is 9.59 Å². The van der Waals surface area contributed by atoms with E-state index >= 15 is 0 Å². The van der Waals surface area contributed by atoms with Gasteiger partial charge in [0.15, 0.2) is 0 Å². The van der Waals surface area contributed by atoms with Gasteiger partial charge in [-0.25, -0.2) is 0 Å². The molecule has 0 saturated heterocycles. The van der Waals surface area contributed by atoms with Gasteiger partial charge >= 0.3 is 0 Å². The number of imide groups is 1. The molecule has 4 nitrogen and oxygen atoms in total. The van der Waals surface area contributed by atoms with Crippen LogP contribution in [-0.2, 0) is 0 Å². The molecule has 1 aromatic carbocycles. The van der Waals surface area contributed by atoms with Gasteiger partial charge in [0, 0.05) is 12.1 Å². The minimum absolute atomic E-state index is 0.0932. The lowest BCUT2D eigenvalue weighted by Crippen LogP contribution is -2.54. The molecule has 0 atom stereocenters. The summed E-state index contributed by atoms with van der Waals surface area (Å²) in [5, 5.41) is 3.36. The molecule has 2 fully saturated rings. The molecule has 1 spiro atoms. The van der Waals surface area contributed by atoms with Crippen LogP contribution in [0, 0.1) is 5.41 Å². The summed E-state index contributed by atoms with van der Waals surface area (Å²) in [7, 11) is 2.03. The van der Waals surface area contributed by atoms with Crippen molar-refractivity contribution in [2.45, 2.75) is 50.6 Å². The lowest BCUT2D eigenvalue weighted by molar-refractivity contribution is -0.0140. The van der Waals surface area contributed by atoms with E-state index in [2.05, 4.69) is 5.32 Å². The Morgan fingerprint density at radius 3 is 2.09 bits per heavy atom. The first kappa shape index (κ1) is 13.9. The molecule has 1 heterocycles. The second-order valence-electron chi connectivity index (χ2n) is 7.15. The highest BCUT2D eigenvalue weighted by atomic mass is 16.2. The Morgan fingerprint density at radius 1 is 1.05 bits per heavy atom. The van der Waals surface area contributed by atoms with Gasteiger partial charge in [-0.15, -0.1) is 0 Å². The molecule has 1 aromatic rings. The number of hydrogen-bond acceptors (Lipinski definition) is 3. The van der Waals surface area contributed by atoms with E-state index in [1.54, 1.807) is 12.1 Å². The molecule has 2 saturated carbocycles. The van der Waals surface area contributed by atoms with E-state index in [4.69, 9.17) is 0 Å². The van der Waals surface area contributed by atoms with Crippen LogP contribution < -0.4 is 5.32 Å². The maximum Gasteiger partial charge on any atom is 0.261 e. The summed E-state index contributed by atoms with van der Waals surface area (Å²) >= 11 is 0. The second kappa shape index (κ2) is 4.92. The molecule has 0 bridgehead atoms. The predicted molar refractivity (Wildman–Crippen MR) is 83.7 cm³/mol. The van der Waals surface area contributed by atoms with E-state index < -0.39 is 0 Å². The first-order valence-electron chi connectivity index (χ1n) is 8.28. The fourth-order valence-corrected chi connectivity index (χ4v) is 4.59. The van der Waals surface area contributed by atoms with Crippen LogP contribution in [0.4, 0.5) is 0 Å². The summed E-state index contributed by atoms with van der Waals surface area (Å²) < 4.78 is 0. The van der Waals surface area contributed by atoms with E-state index in [1.165, 1.54) is 30.6 Å². The van der Waals surface area contributed by atoms with Crippen molar-refractivity contribution in [3.8, 4) is 0 Å². The van der Waals surface area contributed by atoms with Crippen molar-refractivity contribution in [1.82, 2.24) is 10.2 Å². The molecule has 0 radical (unpaired) electrons. The molecule has 0 unspecified atom stereocenters. The Hall–Kier alpha value is -1.68. The number of nitrogens with zero attached hydrogens (tertiary/aromatic N) is 1. The number of nitrogens with one attached hydrogen (secondary N) is 1. The van der Waals surface area contributed by atoms with Crippen molar-refractivity contribution in [3.63, 3.8) is 0 Å². The molecule has 4 heteroatoms. The molecular weight excluding hydrogens is 276 g/mol. The summed E-state index contributed by atoms with van der Waals surface area (Å²) in [5.74, 6) is -0.186. The SMILES string of the molecule is CNC1CCC2(CC1)CC(N1C(=O)c3ccccc3C1=O)C2. The molecule has 2 aliphatic carbocycles. The molecule has 4 rings (SSSR count). The standard InChI is InChI=1S/C18H22N2O2/c1-19-12-6-8-18(9-7-12)10-13(11-18)20-16(21)14-4-2-3-5-15(14)17(20)22/h2-5,12-13,19H,6-11H2,1H3. The van der Waals surface area contributed by atoms with E-state index in [9.17, 15) is 9.59 Å². The first-order valence-corrected chi connectivity index (χ1v) is 8.28. The van der Waals surface area contributed by atoms with Gasteiger partial charge in [0.2, 0.25) is 0 Å². The van der Waals surface area contributed by atoms with E-state index in [0.717, 1.165) is 12.8 Å². The van der Waals surface area contributed by atoms with Gasteiger partial charge in [0.1, 0.15) is 0 Å². The zero-order valence-corrected chi connectivity index (χ0v) is 13.0. The Morgan fingerprint density at radius 2 is 1.59 bits per heavy atom. The predicted octanol–water partition coefficient (Wildman–Crippen LogP) is 2.59. The molecule has 2 amide bonds. The van der Waals surface area contributed by atoms with Crippen LogP contribution in [-0.4, -0.2) is 35.8 Å². The number of rotatable bonds is 2. The van der Waals surface area contributed by atoms with Crippen molar-refractivity contribution in [3.05, 3.63) is 35.4 Å². The van der Waals surface area contributed by atoms with E-state index in [0.29, 0.717) is 22.6 Å². The summed E-state index contributed by atoms with van der Waals surface area (Å²) in [6.07, 6.45) is 6.86. The van der Waals surface area contributed by atoms with Gasteiger partial charge in [-0.3, -0.25) is 14.5 Å². The number of fused-ring (bicyclic) bond motifs is 1. The Labute approximate surface area is 130 Å². The van der Waals surface area contributed by atoms with Crippen molar-refractivity contribution in [1.29, 1.82) is 0 Å². The number of amides is 2. The monoisotopic (exact) mass is 298 g/mol. The van der Waals surface area contributed by atoms with Crippen LogP contribution in [0.25, 0.3) is 0 Å². The third-order valence-corrected chi connectivity index (χ3v) is 5.98. The topological polar surface area (TPSA) is 49.4 Å². The highest BCUT2D eigenvalue weighted by molar-refractivity contribution is 6.21. The Balaban J connectivity index is 1.46. The van der Waals surface area contributed by atoms with Gasteiger partial charge < -0.3 is 5.32 Å². The van der Waals surface area contributed by atoms with Crippen LogP contribution in [0.3, 0.4) is 0 Å². The quantitative estimate of drug-likeness (QED) is 0.854. The molecule has 1 N–H and O–H groups in total. The average molecular weight is 298 g/mol. The van der Waals surface area contributed by atoms with Crippen LogP contribution in [0.15, 0.2) is 24.3 Å². The summed E-state index contributed by atoms with van der Waals surface area (Å²) in [4.78, 5) is 26.5. The molecule has 1 aliphatic heterocycles. The number of carbonyl (C=O) groups excluding carboxylic acids is 2. The van der Waals surface area contributed by atoms with Crippen LogP contribution in [0.2, 0.25) is 0 Å². The van der Waals surface area contributed by atoms with Crippen LogP contribution in [0.5, 0.6) is 0 Å². The summed E-state index contributed by atoms with van der Waals surface area (Å²) in [5.41, 5.74) is 1.53. The number of benzene rings is 1. The highest BCUT2D eigenvalue weighted by Gasteiger charge is 2.52. The lowest BCUT2D eigenvalue weighted by atomic mass is 9.57. The maximum absolute atomic E-state index is 12.5. The largest absolute Gasteiger partial charge is 0.317 e. The minimum atomic E-state index is -0.0932. The van der Waals surface area contributed by atoms with E-state index in [-0.39, 0.29) is 17.9 Å².